The Kier molecular flexibility index (Phi) is 3.52. The summed E-state index contributed by atoms with van der Waals surface area (Å²) >= 11 is 0. The van der Waals surface area contributed by atoms with Crippen molar-refractivity contribution in [3.63, 3.8) is 0 Å². The molecule has 2 aromatic carbocycles. The molecule has 0 aliphatic carbocycles. The van der Waals surface area contributed by atoms with Gasteiger partial charge in [-0.2, -0.15) is 0 Å². The monoisotopic (exact) mass is 285 g/mol. The largest absolute Gasteiger partial charge is 0.493 e. The summed E-state index contributed by atoms with van der Waals surface area (Å²) < 4.78 is 26.3. The Labute approximate surface area is 122 Å². The number of hydrogen-bond donors (Lipinski definition) is 0. The zero-order valence-corrected chi connectivity index (χ0v) is 12.0. The van der Waals surface area contributed by atoms with Gasteiger partial charge in [-0.05, 0) is 36.4 Å². The number of halogens is 1. The van der Waals surface area contributed by atoms with Crippen LogP contribution in [-0.2, 0) is 13.7 Å². The minimum Gasteiger partial charge on any atom is -0.493 e. The molecule has 0 atom stereocenters. The predicted molar refractivity (Wildman–Crippen MR) is 80.2 cm³/mol. The Bertz CT molecular complexity index is 780. The van der Waals surface area contributed by atoms with E-state index in [4.69, 9.17) is 9.47 Å². The van der Waals surface area contributed by atoms with Crippen LogP contribution in [-0.4, -0.2) is 11.7 Å². The first-order valence-electron chi connectivity index (χ1n) is 6.68. The Hall–Kier alpha value is -2.49. The van der Waals surface area contributed by atoms with Gasteiger partial charge in [-0.25, -0.2) is 4.39 Å². The lowest BCUT2D eigenvalue weighted by atomic mass is 10.2. The van der Waals surface area contributed by atoms with Gasteiger partial charge in [-0.15, -0.1) is 0 Å². The van der Waals surface area contributed by atoms with Gasteiger partial charge in [0.15, 0.2) is 11.5 Å². The van der Waals surface area contributed by atoms with Crippen LogP contribution in [0.4, 0.5) is 4.39 Å². The molecule has 3 aromatic rings. The Morgan fingerprint density at radius 3 is 2.57 bits per heavy atom. The van der Waals surface area contributed by atoms with E-state index in [-0.39, 0.29) is 5.82 Å². The summed E-state index contributed by atoms with van der Waals surface area (Å²) in [5.74, 6) is 1.15. The Balaban J connectivity index is 1.87. The molecule has 0 amide bonds. The van der Waals surface area contributed by atoms with E-state index in [0.717, 1.165) is 16.6 Å². The molecule has 0 saturated heterocycles. The van der Waals surface area contributed by atoms with Crippen LogP contribution in [0, 0.1) is 5.82 Å². The SMILES string of the molecule is COc1ccccc1OCc1cc2ccc(F)cc2n1C. The number of rotatable bonds is 4. The molecule has 0 N–H and O–H groups in total. The molecule has 0 unspecified atom stereocenters. The van der Waals surface area contributed by atoms with Gasteiger partial charge in [-0.1, -0.05) is 12.1 Å². The standard InChI is InChI=1S/C17H16FNO2/c1-19-14(9-12-7-8-13(18)10-15(12)19)11-21-17-6-4-3-5-16(17)20-2/h3-10H,11H2,1-2H3. The van der Waals surface area contributed by atoms with Crippen LogP contribution >= 0.6 is 0 Å². The Morgan fingerprint density at radius 2 is 1.81 bits per heavy atom. The molecule has 108 valence electrons. The lowest BCUT2D eigenvalue weighted by molar-refractivity contribution is 0.278. The summed E-state index contributed by atoms with van der Waals surface area (Å²) in [5.41, 5.74) is 1.83. The number of aromatic nitrogens is 1. The zero-order valence-electron chi connectivity index (χ0n) is 12.0. The summed E-state index contributed by atoms with van der Waals surface area (Å²) in [6.07, 6.45) is 0. The van der Waals surface area contributed by atoms with E-state index in [9.17, 15) is 4.39 Å². The van der Waals surface area contributed by atoms with Crippen LogP contribution in [0.5, 0.6) is 11.5 Å². The van der Waals surface area contributed by atoms with Crippen molar-refractivity contribution in [1.82, 2.24) is 4.57 Å². The van der Waals surface area contributed by atoms with Crippen molar-refractivity contribution in [1.29, 1.82) is 0 Å². The van der Waals surface area contributed by atoms with Gasteiger partial charge in [0.2, 0.25) is 0 Å². The van der Waals surface area contributed by atoms with Gasteiger partial charge in [0.1, 0.15) is 12.4 Å². The second-order valence-electron chi connectivity index (χ2n) is 4.84. The number of para-hydroxylation sites is 2. The zero-order chi connectivity index (χ0) is 14.8. The lowest BCUT2D eigenvalue weighted by Gasteiger charge is -2.10. The summed E-state index contributed by atoms with van der Waals surface area (Å²) in [7, 11) is 3.52. The molecule has 3 nitrogen and oxygen atoms in total. The number of aryl methyl sites for hydroxylation is 1. The lowest BCUT2D eigenvalue weighted by Crippen LogP contribution is -2.02. The average Bonchev–Trinajstić information content (AvgIpc) is 2.82. The summed E-state index contributed by atoms with van der Waals surface area (Å²) in [4.78, 5) is 0. The molecule has 21 heavy (non-hydrogen) atoms. The van der Waals surface area contributed by atoms with Crippen LogP contribution in [0.1, 0.15) is 5.69 Å². The topological polar surface area (TPSA) is 23.4 Å². The van der Waals surface area contributed by atoms with Crippen molar-refractivity contribution in [3.05, 3.63) is 60.0 Å². The van der Waals surface area contributed by atoms with Crippen molar-refractivity contribution in [2.24, 2.45) is 7.05 Å². The summed E-state index contributed by atoms with van der Waals surface area (Å²) in [5, 5.41) is 0.998. The maximum atomic E-state index is 13.3. The van der Waals surface area contributed by atoms with Crippen LogP contribution < -0.4 is 9.47 Å². The first-order valence-corrected chi connectivity index (χ1v) is 6.68. The van der Waals surface area contributed by atoms with Gasteiger partial charge >= 0.3 is 0 Å². The molecule has 1 heterocycles. The van der Waals surface area contributed by atoms with E-state index < -0.39 is 0 Å². The number of nitrogens with zero attached hydrogens (tertiary/aromatic N) is 1. The molecule has 0 fully saturated rings. The third-order valence-corrected chi connectivity index (χ3v) is 3.55. The van der Waals surface area contributed by atoms with Crippen LogP contribution in [0.3, 0.4) is 0 Å². The second kappa shape index (κ2) is 5.48. The maximum absolute atomic E-state index is 13.3. The van der Waals surface area contributed by atoms with Crippen LogP contribution in [0.25, 0.3) is 10.9 Å². The number of methoxy groups -OCH3 is 1. The molecule has 1 aromatic heterocycles. The number of hydrogen-bond acceptors (Lipinski definition) is 2. The van der Waals surface area contributed by atoms with Crippen molar-refractivity contribution < 1.29 is 13.9 Å². The van der Waals surface area contributed by atoms with Crippen molar-refractivity contribution in [2.75, 3.05) is 7.11 Å². The third-order valence-electron chi connectivity index (χ3n) is 3.55. The number of benzene rings is 2. The van der Waals surface area contributed by atoms with Crippen molar-refractivity contribution in [3.8, 4) is 11.5 Å². The van der Waals surface area contributed by atoms with Gasteiger partial charge in [0.05, 0.1) is 18.3 Å². The molecule has 0 bridgehead atoms. The van der Waals surface area contributed by atoms with Crippen LogP contribution in [0.2, 0.25) is 0 Å². The van der Waals surface area contributed by atoms with E-state index in [1.807, 2.05) is 41.9 Å². The minimum absolute atomic E-state index is 0.235. The third kappa shape index (κ3) is 2.57. The highest BCUT2D eigenvalue weighted by Gasteiger charge is 2.09. The molecule has 0 aliphatic rings. The van der Waals surface area contributed by atoms with Gasteiger partial charge in [0.25, 0.3) is 0 Å². The fraction of sp³-hybridized carbons (Fsp3) is 0.176. The molecule has 0 saturated carbocycles. The first kappa shape index (κ1) is 13.5. The molecular formula is C17H16FNO2. The Morgan fingerprint density at radius 1 is 1.05 bits per heavy atom. The fourth-order valence-corrected chi connectivity index (χ4v) is 2.39. The summed E-state index contributed by atoms with van der Waals surface area (Å²) in [6.45, 7) is 0.396. The molecule has 0 radical (unpaired) electrons. The first-order chi connectivity index (χ1) is 10.2. The minimum atomic E-state index is -0.235. The number of ether oxygens (including phenoxy) is 2. The fourth-order valence-electron chi connectivity index (χ4n) is 2.39. The second-order valence-corrected chi connectivity index (χ2v) is 4.84. The number of fused-ring (bicyclic) bond motifs is 1. The van der Waals surface area contributed by atoms with Crippen molar-refractivity contribution in [2.45, 2.75) is 6.61 Å². The van der Waals surface area contributed by atoms with E-state index in [1.165, 1.54) is 12.1 Å². The highest BCUT2D eigenvalue weighted by molar-refractivity contribution is 5.81. The van der Waals surface area contributed by atoms with Gasteiger partial charge in [0, 0.05) is 12.4 Å². The van der Waals surface area contributed by atoms with Crippen molar-refractivity contribution >= 4 is 10.9 Å². The summed E-state index contributed by atoms with van der Waals surface area (Å²) in [6, 6.07) is 14.3. The van der Waals surface area contributed by atoms with E-state index in [1.54, 1.807) is 13.2 Å². The molecule has 4 heteroatoms. The molecule has 0 spiro atoms. The van der Waals surface area contributed by atoms with Crippen LogP contribution in [0.15, 0.2) is 48.5 Å². The highest BCUT2D eigenvalue weighted by Crippen LogP contribution is 2.27. The van der Waals surface area contributed by atoms with Gasteiger partial charge < -0.3 is 14.0 Å². The van der Waals surface area contributed by atoms with E-state index >= 15 is 0 Å². The van der Waals surface area contributed by atoms with Gasteiger partial charge in [-0.3, -0.25) is 0 Å². The average molecular weight is 285 g/mol. The normalized spacial score (nSPS) is 10.8. The molecule has 3 rings (SSSR count). The molecule has 0 aliphatic heterocycles. The maximum Gasteiger partial charge on any atom is 0.161 e. The quantitative estimate of drug-likeness (QED) is 0.725. The molecular weight excluding hydrogens is 269 g/mol. The van der Waals surface area contributed by atoms with E-state index in [2.05, 4.69) is 0 Å². The van der Waals surface area contributed by atoms with E-state index in [0.29, 0.717) is 18.1 Å². The smallest absolute Gasteiger partial charge is 0.161 e. The highest BCUT2D eigenvalue weighted by atomic mass is 19.1. The predicted octanol–water partition coefficient (Wildman–Crippen LogP) is 3.91.